The highest BCUT2D eigenvalue weighted by Gasteiger charge is 2.01. The molecule has 0 saturated carbocycles. The molecule has 0 fully saturated rings. The predicted molar refractivity (Wildman–Crippen MR) is 61.0 cm³/mol. The second kappa shape index (κ2) is 5.18. The predicted octanol–water partition coefficient (Wildman–Crippen LogP) is 2.00. The van der Waals surface area contributed by atoms with E-state index in [1.54, 1.807) is 6.07 Å². The average molecular weight is 285 g/mol. The van der Waals surface area contributed by atoms with Crippen LogP contribution in [0, 0.1) is 5.82 Å². The van der Waals surface area contributed by atoms with Gasteiger partial charge in [0, 0.05) is 6.54 Å². The molecule has 16 heavy (non-hydrogen) atoms. The van der Waals surface area contributed by atoms with E-state index in [9.17, 15) is 4.39 Å². The lowest BCUT2D eigenvalue weighted by Crippen LogP contribution is -2.13. The van der Waals surface area contributed by atoms with Crippen LogP contribution >= 0.6 is 15.9 Å². The summed E-state index contributed by atoms with van der Waals surface area (Å²) in [7, 11) is 0. The van der Waals surface area contributed by atoms with E-state index in [1.165, 1.54) is 12.4 Å². The molecule has 0 unspecified atom stereocenters. The van der Waals surface area contributed by atoms with Crippen molar-refractivity contribution in [2.75, 3.05) is 0 Å². The lowest BCUT2D eigenvalue weighted by atomic mass is 10.2. The first-order valence-corrected chi connectivity index (χ1v) is 5.54. The molecule has 0 aliphatic rings. The topological polar surface area (TPSA) is 53.6 Å². The number of hydrogen-bond acceptors (Lipinski definition) is 3. The van der Waals surface area contributed by atoms with Gasteiger partial charge in [-0.3, -0.25) is 5.10 Å². The number of H-pyrrole nitrogens is 1. The van der Waals surface area contributed by atoms with Crippen LogP contribution in [0.15, 0.2) is 29.0 Å². The van der Waals surface area contributed by atoms with Crippen molar-refractivity contribution in [3.8, 4) is 0 Å². The van der Waals surface area contributed by atoms with E-state index in [0.717, 1.165) is 11.4 Å². The van der Waals surface area contributed by atoms with E-state index in [1.807, 2.05) is 6.07 Å². The molecule has 0 radical (unpaired) electrons. The molecule has 2 rings (SSSR count). The van der Waals surface area contributed by atoms with E-state index in [2.05, 4.69) is 36.4 Å². The third-order valence-electron chi connectivity index (χ3n) is 2.07. The summed E-state index contributed by atoms with van der Waals surface area (Å²) in [5, 5.41) is 9.60. The van der Waals surface area contributed by atoms with E-state index < -0.39 is 0 Å². The minimum absolute atomic E-state index is 0.251. The third kappa shape index (κ3) is 2.86. The molecule has 0 saturated heterocycles. The first-order valence-electron chi connectivity index (χ1n) is 4.74. The highest BCUT2D eigenvalue weighted by Crippen LogP contribution is 2.16. The van der Waals surface area contributed by atoms with Crippen LogP contribution in [-0.4, -0.2) is 15.2 Å². The fourth-order valence-electron chi connectivity index (χ4n) is 1.29. The van der Waals surface area contributed by atoms with E-state index in [-0.39, 0.29) is 5.82 Å². The van der Waals surface area contributed by atoms with Crippen molar-refractivity contribution in [2.45, 2.75) is 13.1 Å². The monoisotopic (exact) mass is 284 g/mol. The van der Waals surface area contributed by atoms with Gasteiger partial charge in [0.25, 0.3) is 0 Å². The Bertz CT molecular complexity index is 458. The van der Waals surface area contributed by atoms with Crippen molar-refractivity contribution in [3.63, 3.8) is 0 Å². The maximum atomic E-state index is 13.2. The molecule has 6 heteroatoms. The molecule has 0 atom stereocenters. The minimum atomic E-state index is -0.251. The number of hydrogen-bond donors (Lipinski definition) is 2. The van der Waals surface area contributed by atoms with Gasteiger partial charge in [-0.25, -0.2) is 9.37 Å². The van der Waals surface area contributed by atoms with E-state index in [4.69, 9.17) is 0 Å². The summed E-state index contributed by atoms with van der Waals surface area (Å²) >= 11 is 3.11. The Morgan fingerprint density at radius 1 is 1.38 bits per heavy atom. The van der Waals surface area contributed by atoms with Gasteiger partial charge in [0.15, 0.2) is 0 Å². The maximum absolute atomic E-state index is 13.2. The first-order chi connectivity index (χ1) is 7.75. The highest BCUT2D eigenvalue weighted by atomic mass is 79.9. The molecule has 0 aliphatic carbocycles. The van der Waals surface area contributed by atoms with Crippen LogP contribution in [0.5, 0.6) is 0 Å². The standard InChI is InChI=1S/C10H10BrFN4/c11-8-2-1-7(3-9(8)12)4-13-5-10-14-6-15-16-10/h1-3,6,13H,4-5H2,(H,14,15,16). The molecule has 1 aromatic carbocycles. The van der Waals surface area contributed by atoms with Crippen molar-refractivity contribution >= 4 is 15.9 Å². The highest BCUT2D eigenvalue weighted by molar-refractivity contribution is 9.10. The lowest BCUT2D eigenvalue weighted by molar-refractivity contribution is 0.612. The summed E-state index contributed by atoms with van der Waals surface area (Å²) in [5.74, 6) is 0.511. The molecule has 0 aliphatic heterocycles. The van der Waals surface area contributed by atoms with Gasteiger partial charge in [-0.05, 0) is 33.6 Å². The SMILES string of the molecule is Fc1cc(CNCc2ncn[nH]2)ccc1Br. The third-order valence-corrected chi connectivity index (χ3v) is 2.71. The number of aromatic amines is 1. The van der Waals surface area contributed by atoms with Crippen LogP contribution in [0.4, 0.5) is 4.39 Å². The smallest absolute Gasteiger partial charge is 0.138 e. The second-order valence-corrected chi connectivity index (χ2v) is 4.14. The number of nitrogens with one attached hydrogen (secondary N) is 2. The van der Waals surface area contributed by atoms with Gasteiger partial charge in [-0.1, -0.05) is 6.07 Å². The first kappa shape index (κ1) is 11.2. The number of aromatic nitrogens is 3. The zero-order valence-electron chi connectivity index (χ0n) is 8.37. The molecule has 2 N–H and O–H groups in total. The van der Waals surface area contributed by atoms with Crippen molar-refractivity contribution in [2.24, 2.45) is 0 Å². The fourth-order valence-corrected chi connectivity index (χ4v) is 1.54. The van der Waals surface area contributed by atoms with Gasteiger partial charge in [-0.15, -0.1) is 0 Å². The van der Waals surface area contributed by atoms with Gasteiger partial charge in [0.1, 0.15) is 18.0 Å². The van der Waals surface area contributed by atoms with Gasteiger partial charge in [0.05, 0.1) is 11.0 Å². The average Bonchev–Trinajstić information content (AvgIpc) is 2.76. The van der Waals surface area contributed by atoms with Crippen LogP contribution in [0.1, 0.15) is 11.4 Å². The molecule has 84 valence electrons. The van der Waals surface area contributed by atoms with Gasteiger partial charge in [-0.2, -0.15) is 5.10 Å². The summed E-state index contributed by atoms with van der Waals surface area (Å²) in [6, 6.07) is 5.05. The minimum Gasteiger partial charge on any atom is -0.306 e. The Kier molecular flexibility index (Phi) is 3.63. The van der Waals surface area contributed by atoms with Crippen molar-refractivity contribution < 1.29 is 4.39 Å². The van der Waals surface area contributed by atoms with E-state index >= 15 is 0 Å². The Hall–Kier alpha value is -1.27. The van der Waals surface area contributed by atoms with Crippen LogP contribution in [0.25, 0.3) is 0 Å². The van der Waals surface area contributed by atoms with Crippen LogP contribution < -0.4 is 5.32 Å². The van der Waals surface area contributed by atoms with Crippen LogP contribution in [-0.2, 0) is 13.1 Å². The summed E-state index contributed by atoms with van der Waals surface area (Å²) in [6.07, 6.45) is 1.45. The van der Waals surface area contributed by atoms with Gasteiger partial charge < -0.3 is 5.32 Å². The molecule has 1 heterocycles. The molecule has 4 nitrogen and oxygen atoms in total. The Morgan fingerprint density at radius 2 is 2.25 bits per heavy atom. The molecule has 2 aromatic rings. The van der Waals surface area contributed by atoms with Gasteiger partial charge in [0.2, 0.25) is 0 Å². The Labute approximate surface area is 100 Å². The zero-order valence-corrected chi connectivity index (χ0v) is 9.96. The molecular formula is C10H10BrFN4. The van der Waals surface area contributed by atoms with Crippen molar-refractivity contribution in [1.82, 2.24) is 20.5 Å². The molecule has 0 bridgehead atoms. The maximum Gasteiger partial charge on any atom is 0.138 e. The summed E-state index contributed by atoms with van der Waals surface area (Å²) < 4.78 is 13.7. The summed E-state index contributed by atoms with van der Waals surface area (Å²) in [4.78, 5) is 3.97. The van der Waals surface area contributed by atoms with Crippen LogP contribution in [0.3, 0.4) is 0 Å². The second-order valence-electron chi connectivity index (χ2n) is 3.28. The number of halogens is 2. The lowest BCUT2D eigenvalue weighted by Gasteiger charge is -2.03. The normalized spacial score (nSPS) is 10.6. The van der Waals surface area contributed by atoms with E-state index in [0.29, 0.717) is 17.6 Å². The number of rotatable bonds is 4. The molecule has 0 spiro atoms. The Morgan fingerprint density at radius 3 is 2.94 bits per heavy atom. The molecule has 0 amide bonds. The summed E-state index contributed by atoms with van der Waals surface area (Å²) in [6.45, 7) is 1.17. The van der Waals surface area contributed by atoms with Crippen molar-refractivity contribution in [3.05, 3.63) is 46.2 Å². The molecule has 1 aromatic heterocycles. The van der Waals surface area contributed by atoms with Crippen LogP contribution in [0.2, 0.25) is 0 Å². The fraction of sp³-hybridized carbons (Fsp3) is 0.200. The zero-order chi connectivity index (χ0) is 11.4. The van der Waals surface area contributed by atoms with Gasteiger partial charge >= 0.3 is 0 Å². The number of benzene rings is 1. The number of nitrogens with zero attached hydrogens (tertiary/aromatic N) is 2. The largest absolute Gasteiger partial charge is 0.306 e. The van der Waals surface area contributed by atoms with Crippen molar-refractivity contribution in [1.29, 1.82) is 0 Å². The molecular weight excluding hydrogens is 275 g/mol. The Balaban J connectivity index is 1.87. The quantitative estimate of drug-likeness (QED) is 0.903. The summed E-state index contributed by atoms with van der Waals surface area (Å²) in [5.41, 5.74) is 0.889.